The number of hydrogen-bond donors (Lipinski definition) is 0. The molecule has 0 rings (SSSR count). The molecule has 0 aliphatic rings. The Labute approximate surface area is 64.8 Å². The molecule has 0 heterocycles. The zero-order valence-electron chi connectivity index (χ0n) is 7.90. The smallest absolute Gasteiger partial charge is 0.0648 e. The second kappa shape index (κ2) is 3.97. The van der Waals surface area contributed by atoms with E-state index in [2.05, 4.69) is 27.7 Å². The van der Waals surface area contributed by atoms with Crippen molar-refractivity contribution in [3.05, 3.63) is 0 Å². The van der Waals surface area contributed by atoms with Crippen molar-refractivity contribution in [2.75, 3.05) is 7.11 Å². The van der Waals surface area contributed by atoms with Gasteiger partial charge in [-0.15, -0.1) is 0 Å². The number of hydrogen-bond acceptors (Lipinski definition) is 1. The highest BCUT2D eigenvalue weighted by Crippen LogP contribution is 2.23. The third-order valence-electron chi connectivity index (χ3n) is 2.43. The second-order valence-electron chi connectivity index (χ2n) is 3.50. The lowest BCUT2D eigenvalue weighted by atomic mass is 9.89. The fourth-order valence-corrected chi connectivity index (χ4v) is 0.982. The SMILES string of the molecule is CCCC(C)C(C)(C)OC. The highest BCUT2D eigenvalue weighted by atomic mass is 16.5. The van der Waals surface area contributed by atoms with Gasteiger partial charge in [-0.1, -0.05) is 20.3 Å². The van der Waals surface area contributed by atoms with Crippen molar-refractivity contribution < 1.29 is 4.74 Å². The van der Waals surface area contributed by atoms with Crippen molar-refractivity contribution in [3.8, 4) is 0 Å². The lowest BCUT2D eigenvalue weighted by Crippen LogP contribution is -2.31. The summed E-state index contributed by atoms with van der Waals surface area (Å²) in [7, 11) is 1.78. The third kappa shape index (κ3) is 2.70. The number of rotatable bonds is 4. The van der Waals surface area contributed by atoms with E-state index in [0.29, 0.717) is 5.92 Å². The Morgan fingerprint density at radius 1 is 1.40 bits per heavy atom. The van der Waals surface area contributed by atoms with Gasteiger partial charge in [-0.2, -0.15) is 0 Å². The van der Waals surface area contributed by atoms with Gasteiger partial charge in [0.1, 0.15) is 0 Å². The first-order valence-corrected chi connectivity index (χ1v) is 4.09. The molecule has 0 aromatic rings. The van der Waals surface area contributed by atoms with Crippen molar-refractivity contribution in [1.29, 1.82) is 0 Å². The van der Waals surface area contributed by atoms with Crippen LogP contribution in [0.1, 0.15) is 40.5 Å². The molecule has 0 saturated heterocycles. The van der Waals surface area contributed by atoms with Crippen LogP contribution >= 0.6 is 0 Å². The maximum absolute atomic E-state index is 5.35. The van der Waals surface area contributed by atoms with Crippen LogP contribution in [0.4, 0.5) is 0 Å². The van der Waals surface area contributed by atoms with Gasteiger partial charge in [-0.25, -0.2) is 0 Å². The Hall–Kier alpha value is -0.0400. The molecule has 0 spiro atoms. The molecule has 1 heteroatoms. The van der Waals surface area contributed by atoms with Gasteiger partial charge in [-0.05, 0) is 26.2 Å². The lowest BCUT2D eigenvalue weighted by Gasteiger charge is -2.30. The highest BCUT2D eigenvalue weighted by Gasteiger charge is 2.23. The summed E-state index contributed by atoms with van der Waals surface area (Å²) in [6.07, 6.45) is 2.49. The molecule has 0 fully saturated rings. The second-order valence-corrected chi connectivity index (χ2v) is 3.50. The van der Waals surface area contributed by atoms with Gasteiger partial charge >= 0.3 is 0 Å². The summed E-state index contributed by atoms with van der Waals surface area (Å²) < 4.78 is 5.35. The van der Waals surface area contributed by atoms with E-state index in [0.717, 1.165) is 0 Å². The molecule has 0 saturated carbocycles. The molecule has 62 valence electrons. The van der Waals surface area contributed by atoms with Gasteiger partial charge in [0.15, 0.2) is 0 Å². The van der Waals surface area contributed by atoms with Crippen LogP contribution in [0.3, 0.4) is 0 Å². The van der Waals surface area contributed by atoms with Crippen LogP contribution in [0.2, 0.25) is 0 Å². The van der Waals surface area contributed by atoms with E-state index in [-0.39, 0.29) is 5.60 Å². The molecule has 0 aromatic heterocycles. The number of ether oxygens (including phenoxy) is 1. The standard InChI is InChI=1S/C9H20O/c1-6-7-8(2)9(3,4)10-5/h8H,6-7H2,1-5H3. The minimum Gasteiger partial charge on any atom is -0.379 e. The van der Waals surface area contributed by atoms with Crippen LogP contribution in [0, 0.1) is 5.92 Å². The zero-order valence-corrected chi connectivity index (χ0v) is 7.90. The molecular formula is C9H20O. The van der Waals surface area contributed by atoms with Crippen LogP contribution in [0.25, 0.3) is 0 Å². The summed E-state index contributed by atoms with van der Waals surface area (Å²) in [5, 5.41) is 0. The topological polar surface area (TPSA) is 9.23 Å². The van der Waals surface area contributed by atoms with Gasteiger partial charge in [0.25, 0.3) is 0 Å². The van der Waals surface area contributed by atoms with E-state index in [4.69, 9.17) is 4.74 Å². The van der Waals surface area contributed by atoms with E-state index >= 15 is 0 Å². The quantitative estimate of drug-likeness (QED) is 0.589. The minimum atomic E-state index is 0.0516. The molecule has 0 N–H and O–H groups in total. The Bertz CT molecular complexity index is 86.7. The van der Waals surface area contributed by atoms with Crippen LogP contribution in [-0.4, -0.2) is 12.7 Å². The molecular weight excluding hydrogens is 124 g/mol. The molecule has 0 aromatic carbocycles. The molecule has 0 radical (unpaired) electrons. The normalized spacial score (nSPS) is 15.3. The van der Waals surface area contributed by atoms with Crippen molar-refractivity contribution in [1.82, 2.24) is 0 Å². The average Bonchev–Trinajstić information content (AvgIpc) is 1.89. The fourth-order valence-electron chi connectivity index (χ4n) is 0.982. The lowest BCUT2D eigenvalue weighted by molar-refractivity contribution is -0.0246. The van der Waals surface area contributed by atoms with Crippen molar-refractivity contribution in [2.45, 2.75) is 46.1 Å². The molecule has 1 atom stereocenters. The van der Waals surface area contributed by atoms with Crippen LogP contribution in [-0.2, 0) is 4.74 Å². The van der Waals surface area contributed by atoms with Gasteiger partial charge < -0.3 is 4.74 Å². The zero-order chi connectivity index (χ0) is 8.20. The monoisotopic (exact) mass is 144 g/mol. The fraction of sp³-hybridized carbons (Fsp3) is 1.00. The van der Waals surface area contributed by atoms with E-state index in [1.165, 1.54) is 12.8 Å². The van der Waals surface area contributed by atoms with E-state index < -0.39 is 0 Å². The van der Waals surface area contributed by atoms with Crippen molar-refractivity contribution in [3.63, 3.8) is 0 Å². The molecule has 0 aliphatic heterocycles. The van der Waals surface area contributed by atoms with E-state index in [9.17, 15) is 0 Å². The maximum atomic E-state index is 5.35. The summed E-state index contributed by atoms with van der Waals surface area (Å²) in [5.41, 5.74) is 0.0516. The van der Waals surface area contributed by atoms with Gasteiger partial charge in [-0.3, -0.25) is 0 Å². The number of methoxy groups -OCH3 is 1. The van der Waals surface area contributed by atoms with Gasteiger partial charge in [0.2, 0.25) is 0 Å². The molecule has 10 heavy (non-hydrogen) atoms. The Morgan fingerprint density at radius 2 is 1.90 bits per heavy atom. The summed E-state index contributed by atoms with van der Waals surface area (Å²) >= 11 is 0. The third-order valence-corrected chi connectivity index (χ3v) is 2.43. The molecule has 1 unspecified atom stereocenters. The maximum Gasteiger partial charge on any atom is 0.0648 e. The van der Waals surface area contributed by atoms with E-state index in [1.807, 2.05) is 0 Å². The first-order valence-electron chi connectivity index (χ1n) is 4.09. The van der Waals surface area contributed by atoms with E-state index in [1.54, 1.807) is 7.11 Å². The largest absolute Gasteiger partial charge is 0.379 e. The Morgan fingerprint density at radius 3 is 2.20 bits per heavy atom. The predicted molar refractivity (Wildman–Crippen MR) is 45.2 cm³/mol. The molecule has 0 aliphatic carbocycles. The molecule has 1 nitrogen and oxygen atoms in total. The highest BCUT2D eigenvalue weighted by molar-refractivity contribution is 4.74. The predicted octanol–water partition coefficient (Wildman–Crippen LogP) is 2.85. The summed E-state index contributed by atoms with van der Waals surface area (Å²) in [4.78, 5) is 0. The minimum absolute atomic E-state index is 0.0516. The summed E-state index contributed by atoms with van der Waals surface area (Å²) in [6.45, 7) is 8.75. The molecule has 0 bridgehead atoms. The average molecular weight is 144 g/mol. The van der Waals surface area contributed by atoms with Crippen molar-refractivity contribution >= 4 is 0 Å². The summed E-state index contributed by atoms with van der Waals surface area (Å²) in [6, 6.07) is 0. The molecule has 0 amide bonds. The summed E-state index contributed by atoms with van der Waals surface area (Å²) in [5.74, 6) is 0.655. The first kappa shape index (κ1) is 9.96. The van der Waals surface area contributed by atoms with Gasteiger partial charge in [0, 0.05) is 7.11 Å². The van der Waals surface area contributed by atoms with Crippen LogP contribution < -0.4 is 0 Å². The van der Waals surface area contributed by atoms with Crippen molar-refractivity contribution in [2.24, 2.45) is 5.92 Å². The Kier molecular flexibility index (Phi) is 3.95. The van der Waals surface area contributed by atoms with Crippen LogP contribution in [0.5, 0.6) is 0 Å². The van der Waals surface area contributed by atoms with Crippen LogP contribution in [0.15, 0.2) is 0 Å². The Balaban J connectivity index is 3.78. The van der Waals surface area contributed by atoms with Gasteiger partial charge in [0.05, 0.1) is 5.60 Å². The first-order chi connectivity index (χ1) is 4.54.